The second kappa shape index (κ2) is 7.60. The monoisotopic (exact) mass is 368 g/mol. The largest absolute Gasteiger partial charge is 0.497 e. The van der Waals surface area contributed by atoms with Crippen LogP contribution in [0.4, 0.5) is 5.82 Å². The Morgan fingerprint density at radius 2 is 1.92 bits per heavy atom. The van der Waals surface area contributed by atoms with Gasteiger partial charge in [0.25, 0.3) is 0 Å². The molecule has 136 valence electrons. The maximum atomic E-state index is 5.25. The van der Waals surface area contributed by atoms with Gasteiger partial charge in [0.15, 0.2) is 0 Å². The molecule has 0 bridgehead atoms. The highest BCUT2D eigenvalue weighted by Gasteiger charge is 2.19. The van der Waals surface area contributed by atoms with Crippen molar-refractivity contribution in [2.75, 3.05) is 38.2 Å². The summed E-state index contributed by atoms with van der Waals surface area (Å²) in [4.78, 5) is 16.4. The van der Waals surface area contributed by atoms with E-state index in [2.05, 4.69) is 44.9 Å². The van der Waals surface area contributed by atoms with Crippen LogP contribution >= 0.6 is 11.3 Å². The minimum Gasteiger partial charge on any atom is -0.497 e. The zero-order valence-electron chi connectivity index (χ0n) is 15.3. The number of anilines is 1. The van der Waals surface area contributed by atoms with E-state index in [1.165, 1.54) is 15.8 Å². The first-order chi connectivity index (χ1) is 12.7. The maximum absolute atomic E-state index is 5.25. The molecule has 0 aliphatic carbocycles. The molecule has 0 atom stereocenters. The van der Waals surface area contributed by atoms with Crippen LogP contribution in [-0.4, -0.2) is 48.2 Å². The number of hydrogen-bond donors (Lipinski definition) is 0. The van der Waals surface area contributed by atoms with E-state index in [-0.39, 0.29) is 0 Å². The number of ether oxygens (including phenoxy) is 1. The van der Waals surface area contributed by atoms with Gasteiger partial charge in [0.1, 0.15) is 22.7 Å². The SMILES string of the molecule is COc1ccc(CN2CCCN(c3ncnc4sc(C)cc34)CC2)cc1. The standard InChI is InChI=1S/C20H24N4OS/c1-15-12-18-19(21-14-22-20(18)26-15)24-9-3-8-23(10-11-24)13-16-4-6-17(25-2)7-5-16/h4-7,12,14H,3,8-11,13H2,1-2H3. The Bertz CT molecular complexity index is 877. The minimum absolute atomic E-state index is 0.912. The van der Waals surface area contributed by atoms with Crippen molar-refractivity contribution in [3.05, 3.63) is 47.1 Å². The molecule has 26 heavy (non-hydrogen) atoms. The highest BCUT2D eigenvalue weighted by molar-refractivity contribution is 7.18. The third-order valence-corrected chi connectivity index (χ3v) is 5.84. The van der Waals surface area contributed by atoms with Gasteiger partial charge in [0, 0.05) is 37.6 Å². The number of aryl methyl sites for hydroxylation is 1. The first-order valence-electron chi connectivity index (χ1n) is 9.04. The van der Waals surface area contributed by atoms with Gasteiger partial charge in [-0.1, -0.05) is 12.1 Å². The second-order valence-corrected chi connectivity index (χ2v) is 7.97. The molecule has 0 amide bonds. The van der Waals surface area contributed by atoms with Crippen molar-refractivity contribution >= 4 is 27.4 Å². The molecule has 3 heterocycles. The van der Waals surface area contributed by atoms with E-state index in [1.807, 2.05) is 12.1 Å². The summed E-state index contributed by atoms with van der Waals surface area (Å²) in [7, 11) is 1.71. The number of nitrogens with zero attached hydrogens (tertiary/aromatic N) is 4. The molecule has 3 aromatic rings. The van der Waals surface area contributed by atoms with Crippen molar-refractivity contribution in [3.8, 4) is 5.75 Å². The molecule has 0 saturated carbocycles. The van der Waals surface area contributed by atoms with E-state index in [0.29, 0.717) is 0 Å². The van der Waals surface area contributed by atoms with Gasteiger partial charge < -0.3 is 9.64 Å². The Morgan fingerprint density at radius 3 is 2.73 bits per heavy atom. The maximum Gasteiger partial charge on any atom is 0.140 e. The van der Waals surface area contributed by atoms with E-state index in [0.717, 1.165) is 55.5 Å². The lowest BCUT2D eigenvalue weighted by Crippen LogP contribution is -2.31. The first kappa shape index (κ1) is 17.2. The molecule has 5 nitrogen and oxygen atoms in total. The molecule has 0 radical (unpaired) electrons. The lowest BCUT2D eigenvalue weighted by Gasteiger charge is -2.23. The summed E-state index contributed by atoms with van der Waals surface area (Å²) in [5.41, 5.74) is 1.33. The Hall–Kier alpha value is -2.18. The van der Waals surface area contributed by atoms with Crippen LogP contribution in [0.15, 0.2) is 36.7 Å². The Morgan fingerprint density at radius 1 is 1.08 bits per heavy atom. The van der Waals surface area contributed by atoms with Crippen LogP contribution in [0, 0.1) is 6.92 Å². The van der Waals surface area contributed by atoms with Crippen LogP contribution in [-0.2, 0) is 6.54 Å². The molecule has 0 N–H and O–H groups in total. The van der Waals surface area contributed by atoms with Gasteiger partial charge in [-0.3, -0.25) is 4.90 Å². The Balaban J connectivity index is 1.45. The summed E-state index contributed by atoms with van der Waals surface area (Å²) < 4.78 is 5.25. The molecule has 0 spiro atoms. The van der Waals surface area contributed by atoms with Gasteiger partial charge in [-0.05, 0) is 37.1 Å². The fourth-order valence-electron chi connectivity index (χ4n) is 3.55. The molecule has 1 saturated heterocycles. The number of methoxy groups -OCH3 is 1. The topological polar surface area (TPSA) is 41.5 Å². The van der Waals surface area contributed by atoms with Gasteiger partial charge in [-0.2, -0.15) is 0 Å². The van der Waals surface area contributed by atoms with Gasteiger partial charge in [-0.15, -0.1) is 11.3 Å². The van der Waals surface area contributed by atoms with E-state index in [9.17, 15) is 0 Å². The number of thiophene rings is 1. The number of hydrogen-bond acceptors (Lipinski definition) is 6. The molecular formula is C20H24N4OS. The summed E-state index contributed by atoms with van der Waals surface area (Å²) >= 11 is 1.74. The van der Waals surface area contributed by atoms with Crippen LogP contribution in [0.3, 0.4) is 0 Å². The van der Waals surface area contributed by atoms with E-state index in [4.69, 9.17) is 4.74 Å². The molecular weight excluding hydrogens is 344 g/mol. The van der Waals surface area contributed by atoms with Crippen molar-refractivity contribution in [1.29, 1.82) is 0 Å². The fourth-order valence-corrected chi connectivity index (χ4v) is 4.39. The Labute approximate surface area is 158 Å². The smallest absolute Gasteiger partial charge is 0.140 e. The van der Waals surface area contributed by atoms with Crippen molar-refractivity contribution in [2.45, 2.75) is 19.9 Å². The predicted octanol–water partition coefficient (Wildman–Crippen LogP) is 3.72. The van der Waals surface area contributed by atoms with Crippen molar-refractivity contribution in [2.24, 2.45) is 0 Å². The lowest BCUT2D eigenvalue weighted by atomic mass is 10.2. The zero-order chi connectivity index (χ0) is 17.9. The van der Waals surface area contributed by atoms with Crippen LogP contribution in [0.1, 0.15) is 16.9 Å². The highest BCUT2D eigenvalue weighted by atomic mass is 32.1. The van der Waals surface area contributed by atoms with Gasteiger partial charge >= 0.3 is 0 Å². The second-order valence-electron chi connectivity index (χ2n) is 6.74. The number of aromatic nitrogens is 2. The van der Waals surface area contributed by atoms with E-state index >= 15 is 0 Å². The average Bonchev–Trinajstić information content (AvgIpc) is 2.89. The van der Waals surface area contributed by atoms with E-state index in [1.54, 1.807) is 24.8 Å². The summed E-state index contributed by atoms with van der Waals surface area (Å²) in [6.45, 7) is 7.31. The molecule has 4 rings (SSSR count). The summed E-state index contributed by atoms with van der Waals surface area (Å²) in [6, 6.07) is 10.6. The third-order valence-electron chi connectivity index (χ3n) is 4.88. The minimum atomic E-state index is 0.912. The quantitative estimate of drug-likeness (QED) is 0.702. The zero-order valence-corrected chi connectivity index (χ0v) is 16.1. The van der Waals surface area contributed by atoms with Crippen LogP contribution < -0.4 is 9.64 Å². The number of rotatable bonds is 4. The van der Waals surface area contributed by atoms with Gasteiger partial charge in [0.05, 0.1) is 12.5 Å². The summed E-state index contributed by atoms with van der Waals surface area (Å²) in [5, 5.41) is 1.19. The van der Waals surface area contributed by atoms with Crippen molar-refractivity contribution in [1.82, 2.24) is 14.9 Å². The Kier molecular flexibility index (Phi) is 5.04. The molecule has 6 heteroatoms. The normalized spacial score (nSPS) is 16.0. The van der Waals surface area contributed by atoms with Crippen LogP contribution in [0.25, 0.3) is 10.2 Å². The lowest BCUT2D eigenvalue weighted by molar-refractivity contribution is 0.285. The van der Waals surface area contributed by atoms with Gasteiger partial charge in [-0.25, -0.2) is 9.97 Å². The number of benzene rings is 1. The highest BCUT2D eigenvalue weighted by Crippen LogP contribution is 2.30. The van der Waals surface area contributed by atoms with Crippen LogP contribution in [0.5, 0.6) is 5.75 Å². The third kappa shape index (κ3) is 3.66. The fraction of sp³-hybridized carbons (Fsp3) is 0.400. The van der Waals surface area contributed by atoms with Crippen LogP contribution in [0.2, 0.25) is 0 Å². The summed E-state index contributed by atoms with van der Waals surface area (Å²) in [5.74, 6) is 2.00. The van der Waals surface area contributed by atoms with Gasteiger partial charge in [0.2, 0.25) is 0 Å². The van der Waals surface area contributed by atoms with Crippen molar-refractivity contribution < 1.29 is 4.74 Å². The summed E-state index contributed by atoms with van der Waals surface area (Å²) in [6.07, 6.45) is 2.85. The first-order valence-corrected chi connectivity index (χ1v) is 9.86. The molecule has 1 aliphatic rings. The predicted molar refractivity (Wildman–Crippen MR) is 107 cm³/mol. The molecule has 2 aromatic heterocycles. The van der Waals surface area contributed by atoms with Crippen molar-refractivity contribution in [3.63, 3.8) is 0 Å². The molecule has 1 aliphatic heterocycles. The van der Waals surface area contributed by atoms with E-state index < -0.39 is 0 Å². The average molecular weight is 369 g/mol. The molecule has 1 fully saturated rings. The number of fused-ring (bicyclic) bond motifs is 1. The molecule has 0 unspecified atom stereocenters. The molecule has 1 aromatic carbocycles.